The first kappa shape index (κ1) is 21.5. The number of nitrogens with one attached hydrogen (secondary N) is 1. The van der Waals surface area contributed by atoms with E-state index in [-0.39, 0.29) is 35.6 Å². The topological polar surface area (TPSA) is 83.9 Å². The van der Waals surface area contributed by atoms with Crippen molar-refractivity contribution in [2.75, 3.05) is 19.6 Å². The number of rotatable bonds is 6. The average molecular weight is 442 g/mol. The molecule has 0 radical (unpaired) electrons. The van der Waals surface area contributed by atoms with Crippen molar-refractivity contribution in [1.29, 1.82) is 0 Å². The van der Waals surface area contributed by atoms with Gasteiger partial charge in [0.15, 0.2) is 11.4 Å². The van der Waals surface area contributed by atoms with Gasteiger partial charge in [0.1, 0.15) is 11.7 Å². The van der Waals surface area contributed by atoms with Crippen molar-refractivity contribution < 1.29 is 14.1 Å². The van der Waals surface area contributed by atoms with E-state index in [2.05, 4.69) is 16.8 Å². The SMILES string of the molecule is C=C/C(=C\C=C/C)CNC(=O)c1cn2c(c(OP)c1=O)C(=O)N1C[C@@H]3CCCN3[C@H]1C2. The number of allylic oxidation sites excluding steroid dienone is 3. The summed E-state index contributed by atoms with van der Waals surface area (Å²) in [6.45, 7) is 7.99. The Hall–Kier alpha value is -2.70. The van der Waals surface area contributed by atoms with E-state index in [1.165, 1.54) is 6.20 Å². The van der Waals surface area contributed by atoms with Gasteiger partial charge in [0.2, 0.25) is 5.43 Å². The molecule has 0 aromatic carbocycles. The molecule has 1 N–H and O–H groups in total. The van der Waals surface area contributed by atoms with Gasteiger partial charge in [-0.3, -0.25) is 19.3 Å². The van der Waals surface area contributed by atoms with Crippen molar-refractivity contribution in [2.45, 2.75) is 38.5 Å². The Labute approximate surface area is 183 Å². The van der Waals surface area contributed by atoms with E-state index < -0.39 is 11.3 Å². The molecular weight excluding hydrogens is 415 g/mol. The molecule has 3 aliphatic rings. The van der Waals surface area contributed by atoms with Gasteiger partial charge in [0.05, 0.1) is 16.0 Å². The molecule has 31 heavy (non-hydrogen) atoms. The quantitative estimate of drug-likeness (QED) is 0.536. The van der Waals surface area contributed by atoms with Crippen LogP contribution in [0.15, 0.2) is 47.4 Å². The lowest BCUT2D eigenvalue weighted by Crippen LogP contribution is -2.50. The summed E-state index contributed by atoms with van der Waals surface area (Å²) < 4.78 is 6.95. The number of carbonyl (C=O) groups is 2. The highest BCUT2D eigenvalue weighted by Gasteiger charge is 2.48. The minimum atomic E-state index is -0.595. The molecule has 0 spiro atoms. The summed E-state index contributed by atoms with van der Waals surface area (Å²) in [5, 5.41) is 2.76. The van der Waals surface area contributed by atoms with Crippen molar-refractivity contribution in [3.63, 3.8) is 0 Å². The summed E-state index contributed by atoms with van der Waals surface area (Å²) in [5.74, 6) is -0.853. The number of aromatic nitrogens is 1. The fourth-order valence-corrected chi connectivity index (χ4v) is 4.90. The second kappa shape index (κ2) is 8.81. The maximum Gasteiger partial charge on any atom is 0.275 e. The van der Waals surface area contributed by atoms with Crippen LogP contribution >= 0.6 is 9.47 Å². The van der Waals surface area contributed by atoms with Gasteiger partial charge in [-0.2, -0.15) is 0 Å². The Morgan fingerprint density at radius 2 is 2.19 bits per heavy atom. The lowest BCUT2D eigenvalue weighted by molar-refractivity contribution is 0.0516. The lowest BCUT2D eigenvalue weighted by Gasteiger charge is -2.36. The molecule has 0 saturated carbocycles. The van der Waals surface area contributed by atoms with Gasteiger partial charge >= 0.3 is 0 Å². The summed E-state index contributed by atoms with van der Waals surface area (Å²) >= 11 is 0. The molecule has 3 aliphatic heterocycles. The zero-order valence-electron chi connectivity index (χ0n) is 17.5. The molecule has 9 heteroatoms. The number of nitrogens with zero attached hydrogens (tertiary/aromatic N) is 3. The van der Waals surface area contributed by atoms with Gasteiger partial charge in [-0.15, -0.1) is 0 Å². The summed E-state index contributed by atoms with van der Waals surface area (Å²) in [6, 6.07) is 0.361. The van der Waals surface area contributed by atoms with Crippen LogP contribution in [0.3, 0.4) is 0 Å². The third-order valence-corrected chi connectivity index (χ3v) is 6.45. The number of hydrogen-bond donors (Lipinski definition) is 1. The van der Waals surface area contributed by atoms with E-state index >= 15 is 0 Å². The molecule has 8 nitrogen and oxygen atoms in total. The smallest absolute Gasteiger partial charge is 0.275 e. The van der Waals surface area contributed by atoms with Crippen LogP contribution in [0.5, 0.6) is 5.75 Å². The molecule has 3 atom stereocenters. The van der Waals surface area contributed by atoms with Crippen LogP contribution in [0, 0.1) is 0 Å². The molecule has 4 heterocycles. The van der Waals surface area contributed by atoms with Crippen LogP contribution in [-0.4, -0.2) is 58.0 Å². The first-order valence-electron chi connectivity index (χ1n) is 10.4. The van der Waals surface area contributed by atoms with Gasteiger partial charge in [0.25, 0.3) is 11.8 Å². The second-order valence-electron chi connectivity index (χ2n) is 7.95. The summed E-state index contributed by atoms with van der Waals surface area (Å²) in [5.41, 5.74) is 0.369. The highest BCUT2D eigenvalue weighted by atomic mass is 31.0. The Morgan fingerprint density at radius 3 is 2.90 bits per heavy atom. The van der Waals surface area contributed by atoms with Crippen molar-refractivity contribution in [2.24, 2.45) is 0 Å². The summed E-state index contributed by atoms with van der Waals surface area (Å²) in [7, 11) is 2.03. The molecule has 2 fully saturated rings. The number of pyridine rings is 1. The van der Waals surface area contributed by atoms with Crippen LogP contribution < -0.4 is 15.3 Å². The number of hydrogen-bond acceptors (Lipinski definition) is 5. The molecule has 2 saturated heterocycles. The number of carbonyl (C=O) groups excluding carboxylic acids is 2. The normalized spacial score (nSPS) is 23.0. The highest BCUT2D eigenvalue weighted by molar-refractivity contribution is 7.10. The second-order valence-corrected chi connectivity index (χ2v) is 8.18. The van der Waals surface area contributed by atoms with Gasteiger partial charge in [0, 0.05) is 31.9 Å². The Kier molecular flexibility index (Phi) is 6.12. The van der Waals surface area contributed by atoms with E-state index in [1.807, 2.05) is 39.5 Å². The standard InChI is InChI=1S/C22H27N4O4P/c1-3-5-7-14(4-2)10-23-21(28)16-12-24-13-17-25-9-6-8-15(25)11-26(17)22(29)18(24)20(30-31)19(16)27/h3-5,7,12,15,17H,2,6,8-11,13,31H2,1H3,(H,23,28)/b5-3-,14-7+/t15-,17+/m0/s1. The largest absolute Gasteiger partial charge is 0.474 e. The molecule has 0 bridgehead atoms. The Bertz CT molecular complexity index is 1040. The minimum Gasteiger partial charge on any atom is -0.474 e. The Morgan fingerprint density at radius 1 is 1.39 bits per heavy atom. The first-order valence-corrected chi connectivity index (χ1v) is 10.9. The maximum absolute atomic E-state index is 13.2. The van der Waals surface area contributed by atoms with E-state index in [4.69, 9.17) is 4.52 Å². The van der Waals surface area contributed by atoms with E-state index in [0.29, 0.717) is 19.1 Å². The zero-order valence-corrected chi connectivity index (χ0v) is 18.7. The van der Waals surface area contributed by atoms with E-state index in [0.717, 1.165) is 25.0 Å². The van der Waals surface area contributed by atoms with E-state index in [9.17, 15) is 14.4 Å². The van der Waals surface area contributed by atoms with E-state index in [1.54, 1.807) is 10.6 Å². The van der Waals surface area contributed by atoms with Crippen LogP contribution in [0.2, 0.25) is 0 Å². The van der Waals surface area contributed by atoms with Crippen LogP contribution in [0.1, 0.15) is 40.6 Å². The van der Waals surface area contributed by atoms with Crippen molar-refractivity contribution >= 4 is 21.3 Å². The van der Waals surface area contributed by atoms with Crippen molar-refractivity contribution in [3.8, 4) is 5.75 Å². The molecule has 0 aliphatic carbocycles. The maximum atomic E-state index is 13.2. The third-order valence-electron chi connectivity index (χ3n) is 6.21. The highest BCUT2D eigenvalue weighted by Crippen LogP contribution is 2.35. The molecule has 2 amide bonds. The van der Waals surface area contributed by atoms with Gasteiger partial charge in [-0.05, 0) is 25.3 Å². The van der Waals surface area contributed by atoms with Crippen molar-refractivity contribution in [3.05, 3.63) is 64.1 Å². The predicted molar refractivity (Wildman–Crippen MR) is 121 cm³/mol. The zero-order chi connectivity index (χ0) is 22.1. The van der Waals surface area contributed by atoms with Crippen LogP contribution in [0.4, 0.5) is 0 Å². The molecule has 4 rings (SSSR count). The monoisotopic (exact) mass is 442 g/mol. The Balaban J connectivity index is 1.65. The lowest BCUT2D eigenvalue weighted by atomic mass is 10.1. The summed E-state index contributed by atoms with van der Waals surface area (Å²) in [4.78, 5) is 43.2. The number of fused-ring (bicyclic) bond motifs is 4. The predicted octanol–water partition coefficient (Wildman–Crippen LogP) is 1.70. The molecule has 164 valence electrons. The van der Waals surface area contributed by atoms with Gasteiger partial charge < -0.3 is 19.3 Å². The van der Waals surface area contributed by atoms with Crippen LogP contribution in [0.25, 0.3) is 0 Å². The average Bonchev–Trinajstić information content (AvgIpc) is 3.36. The van der Waals surface area contributed by atoms with Gasteiger partial charge in [-0.25, -0.2) is 0 Å². The number of amides is 2. The fraction of sp³-hybridized carbons (Fsp3) is 0.409. The minimum absolute atomic E-state index is 0.0483. The third kappa shape index (κ3) is 3.75. The first-order chi connectivity index (χ1) is 15.0. The molecule has 1 aromatic rings. The van der Waals surface area contributed by atoms with Gasteiger partial charge in [-0.1, -0.05) is 30.9 Å². The molecule has 1 unspecified atom stereocenters. The molecular formula is C22H27N4O4P. The van der Waals surface area contributed by atoms with Crippen molar-refractivity contribution in [1.82, 2.24) is 19.7 Å². The summed E-state index contributed by atoms with van der Waals surface area (Å²) in [6.07, 6.45) is 10.8. The molecule has 1 aromatic heterocycles. The fourth-order valence-electron chi connectivity index (χ4n) is 4.68. The van der Waals surface area contributed by atoms with Crippen LogP contribution in [-0.2, 0) is 6.54 Å².